The molecule has 7 heteroatoms. The summed E-state index contributed by atoms with van der Waals surface area (Å²) in [5.74, 6) is 0. The molecule has 0 aliphatic heterocycles. The molecule has 0 bridgehead atoms. The average molecular weight is 285 g/mol. The van der Waals surface area contributed by atoms with E-state index in [1.807, 2.05) is 0 Å². The second-order valence-corrected chi connectivity index (χ2v) is 4.89. The monoisotopic (exact) mass is 285 g/mol. The molecular formula is C12H10F3N3S. The van der Waals surface area contributed by atoms with E-state index in [1.165, 1.54) is 23.5 Å². The van der Waals surface area contributed by atoms with Gasteiger partial charge >= 0.3 is 6.18 Å². The first-order valence-corrected chi connectivity index (χ1v) is 6.13. The van der Waals surface area contributed by atoms with Crippen molar-refractivity contribution in [3.05, 3.63) is 40.9 Å². The maximum atomic E-state index is 12.4. The van der Waals surface area contributed by atoms with E-state index in [-0.39, 0.29) is 0 Å². The Labute approximate surface area is 111 Å². The van der Waals surface area contributed by atoms with Crippen LogP contribution in [-0.4, -0.2) is 10.7 Å². The summed E-state index contributed by atoms with van der Waals surface area (Å²) in [5.41, 5.74) is 0.239. The number of rotatable bonds is 3. The smallest absolute Gasteiger partial charge is 0.332 e. The maximum Gasteiger partial charge on any atom is 0.416 e. The minimum absolute atomic E-state index is 0.401. The number of nitrogens with one attached hydrogen (secondary N) is 2. The highest BCUT2D eigenvalue weighted by molar-refractivity contribution is 7.17. The maximum absolute atomic E-state index is 12.4. The van der Waals surface area contributed by atoms with Gasteiger partial charge in [0.2, 0.25) is 0 Å². The Kier molecular flexibility index (Phi) is 3.57. The number of aromatic nitrogens is 1. The Bertz CT molecular complexity index is 587. The fourth-order valence-electron chi connectivity index (χ4n) is 1.37. The van der Waals surface area contributed by atoms with Crippen LogP contribution in [0.3, 0.4) is 0 Å². The highest BCUT2D eigenvalue weighted by Crippen LogP contribution is 2.30. The summed E-state index contributed by atoms with van der Waals surface area (Å²) >= 11 is 1.28. The van der Waals surface area contributed by atoms with E-state index < -0.39 is 11.7 Å². The van der Waals surface area contributed by atoms with Crippen LogP contribution in [0, 0.1) is 5.41 Å². The number of hydrogen-bond acceptors (Lipinski definition) is 4. The molecule has 0 saturated carbocycles. The molecule has 0 saturated heterocycles. The van der Waals surface area contributed by atoms with E-state index in [0.717, 1.165) is 17.0 Å². The SMILES string of the molecule is CC(=N)c1cnc(Nc2ccc(C(F)(F)F)cc2)s1. The van der Waals surface area contributed by atoms with E-state index >= 15 is 0 Å². The summed E-state index contributed by atoms with van der Waals surface area (Å²) < 4.78 is 37.2. The third kappa shape index (κ3) is 3.31. The third-order valence-corrected chi connectivity index (χ3v) is 3.37. The zero-order chi connectivity index (χ0) is 14.0. The first-order valence-electron chi connectivity index (χ1n) is 5.32. The lowest BCUT2D eigenvalue weighted by Gasteiger charge is -2.07. The Morgan fingerprint density at radius 3 is 2.37 bits per heavy atom. The molecule has 0 atom stereocenters. The quantitative estimate of drug-likeness (QED) is 0.826. The lowest BCUT2D eigenvalue weighted by Crippen LogP contribution is -2.04. The molecule has 1 aromatic heterocycles. The summed E-state index contributed by atoms with van der Waals surface area (Å²) in [7, 11) is 0. The fraction of sp³-hybridized carbons (Fsp3) is 0.167. The van der Waals surface area contributed by atoms with Gasteiger partial charge in [0.1, 0.15) is 0 Å². The van der Waals surface area contributed by atoms with Crippen molar-refractivity contribution in [3.63, 3.8) is 0 Å². The first-order chi connectivity index (χ1) is 8.86. The van der Waals surface area contributed by atoms with Crippen LogP contribution < -0.4 is 5.32 Å². The number of nitrogens with zero attached hydrogens (tertiary/aromatic N) is 1. The Hall–Kier alpha value is -1.89. The summed E-state index contributed by atoms with van der Waals surface area (Å²) in [4.78, 5) is 4.77. The highest BCUT2D eigenvalue weighted by Gasteiger charge is 2.29. The van der Waals surface area contributed by atoms with Crippen LogP contribution in [-0.2, 0) is 6.18 Å². The van der Waals surface area contributed by atoms with Crippen molar-refractivity contribution in [2.45, 2.75) is 13.1 Å². The molecule has 0 amide bonds. The topological polar surface area (TPSA) is 48.8 Å². The molecule has 0 radical (unpaired) electrons. The van der Waals surface area contributed by atoms with E-state index in [0.29, 0.717) is 16.5 Å². The van der Waals surface area contributed by atoms with Crippen LogP contribution in [0.25, 0.3) is 0 Å². The molecule has 0 unspecified atom stereocenters. The zero-order valence-electron chi connectivity index (χ0n) is 9.88. The molecule has 2 aromatic rings. The second-order valence-electron chi connectivity index (χ2n) is 3.85. The first kappa shape index (κ1) is 13.5. The summed E-state index contributed by atoms with van der Waals surface area (Å²) in [6.07, 6.45) is -2.77. The molecule has 0 fully saturated rings. The third-order valence-electron chi connectivity index (χ3n) is 2.34. The number of benzene rings is 1. The molecule has 0 spiro atoms. The largest absolute Gasteiger partial charge is 0.416 e. The Morgan fingerprint density at radius 2 is 1.89 bits per heavy atom. The van der Waals surface area contributed by atoms with Crippen LogP contribution in [0.5, 0.6) is 0 Å². The van der Waals surface area contributed by atoms with Gasteiger partial charge in [0, 0.05) is 17.6 Å². The number of halogens is 3. The Balaban J connectivity index is 2.13. The average Bonchev–Trinajstić information content (AvgIpc) is 2.77. The predicted molar refractivity (Wildman–Crippen MR) is 69.3 cm³/mol. The van der Waals surface area contributed by atoms with Gasteiger partial charge in [0.25, 0.3) is 0 Å². The number of alkyl halides is 3. The summed E-state index contributed by atoms with van der Waals surface area (Å²) in [5, 5.41) is 10.9. The van der Waals surface area contributed by atoms with Gasteiger partial charge in [-0.2, -0.15) is 13.2 Å². The van der Waals surface area contributed by atoms with Crippen molar-refractivity contribution >= 4 is 27.9 Å². The van der Waals surface area contributed by atoms with Crippen molar-refractivity contribution in [3.8, 4) is 0 Å². The fourth-order valence-corrected chi connectivity index (χ4v) is 2.11. The lowest BCUT2D eigenvalue weighted by atomic mass is 10.2. The van der Waals surface area contributed by atoms with E-state index in [9.17, 15) is 13.2 Å². The van der Waals surface area contributed by atoms with Crippen LogP contribution >= 0.6 is 11.3 Å². The van der Waals surface area contributed by atoms with Gasteiger partial charge in [-0.25, -0.2) is 4.98 Å². The summed E-state index contributed by atoms with van der Waals surface area (Å²) in [6, 6.07) is 4.72. The van der Waals surface area contributed by atoms with Gasteiger partial charge in [-0.1, -0.05) is 11.3 Å². The van der Waals surface area contributed by atoms with Gasteiger partial charge in [0.05, 0.1) is 10.4 Å². The number of thiazole rings is 1. The molecule has 2 N–H and O–H groups in total. The second kappa shape index (κ2) is 5.00. The standard InChI is InChI=1S/C12H10F3N3S/c1-7(16)10-6-17-11(19-10)18-9-4-2-8(3-5-9)12(13,14)15/h2-6,16H,1H3,(H,17,18). The van der Waals surface area contributed by atoms with Crippen LogP contribution in [0.15, 0.2) is 30.5 Å². The highest BCUT2D eigenvalue weighted by atomic mass is 32.1. The molecule has 1 heterocycles. The zero-order valence-corrected chi connectivity index (χ0v) is 10.7. The molecule has 100 valence electrons. The number of hydrogen-bond donors (Lipinski definition) is 2. The van der Waals surface area contributed by atoms with Crippen LogP contribution in [0.1, 0.15) is 17.4 Å². The van der Waals surface area contributed by atoms with Crippen molar-refractivity contribution in [2.75, 3.05) is 5.32 Å². The van der Waals surface area contributed by atoms with Crippen molar-refractivity contribution in [1.29, 1.82) is 5.41 Å². The van der Waals surface area contributed by atoms with Gasteiger partial charge in [0.15, 0.2) is 5.13 Å². The molecule has 2 rings (SSSR count). The van der Waals surface area contributed by atoms with E-state index in [4.69, 9.17) is 5.41 Å². The van der Waals surface area contributed by atoms with E-state index in [1.54, 1.807) is 13.1 Å². The predicted octanol–water partition coefficient (Wildman–Crippen LogP) is 4.29. The van der Waals surface area contributed by atoms with Gasteiger partial charge in [-0.3, -0.25) is 0 Å². The van der Waals surface area contributed by atoms with Crippen molar-refractivity contribution < 1.29 is 13.2 Å². The van der Waals surface area contributed by atoms with Gasteiger partial charge in [-0.15, -0.1) is 0 Å². The molecule has 3 nitrogen and oxygen atoms in total. The van der Waals surface area contributed by atoms with Crippen LogP contribution in [0.4, 0.5) is 24.0 Å². The van der Waals surface area contributed by atoms with Gasteiger partial charge < -0.3 is 10.7 Å². The molecule has 0 aliphatic rings. The molecule has 1 aromatic carbocycles. The van der Waals surface area contributed by atoms with E-state index in [2.05, 4.69) is 10.3 Å². The minimum Gasteiger partial charge on any atom is -0.332 e. The van der Waals surface area contributed by atoms with Crippen molar-refractivity contribution in [2.24, 2.45) is 0 Å². The minimum atomic E-state index is -4.33. The van der Waals surface area contributed by atoms with Gasteiger partial charge in [-0.05, 0) is 31.2 Å². The normalized spacial score (nSPS) is 11.4. The summed E-state index contributed by atoms with van der Waals surface area (Å²) in [6.45, 7) is 1.65. The molecular weight excluding hydrogens is 275 g/mol. The lowest BCUT2D eigenvalue weighted by molar-refractivity contribution is -0.137. The van der Waals surface area contributed by atoms with Crippen molar-refractivity contribution in [1.82, 2.24) is 4.98 Å². The number of anilines is 2. The van der Waals surface area contributed by atoms with Crippen LogP contribution in [0.2, 0.25) is 0 Å². The Morgan fingerprint density at radius 1 is 1.26 bits per heavy atom. The molecule has 19 heavy (non-hydrogen) atoms. The molecule has 0 aliphatic carbocycles.